The summed E-state index contributed by atoms with van der Waals surface area (Å²) in [4.78, 5) is 4.76. The smallest absolute Gasteiger partial charge is 0.234 e. The van der Waals surface area contributed by atoms with Crippen LogP contribution in [0, 0.1) is 5.92 Å². The van der Waals surface area contributed by atoms with E-state index in [1.54, 1.807) is 0 Å². The lowest BCUT2D eigenvalue weighted by molar-refractivity contribution is 0.0996. The first-order valence-electron chi connectivity index (χ1n) is 8.40. The van der Waals surface area contributed by atoms with E-state index >= 15 is 0 Å². The first-order chi connectivity index (χ1) is 10.2. The Hall–Kier alpha value is -0.940. The van der Waals surface area contributed by atoms with Crippen LogP contribution in [0.3, 0.4) is 0 Å². The molecule has 0 amide bonds. The van der Waals surface area contributed by atoms with Crippen molar-refractivity contribution in [1.29, 1.82) is 0 Å². The van der Waals surface area contributed by atoms with Crippen molar-refractivity contribution in [2.75, 3.05) is 6.54 Å². The molecule has 116 valence electrons. The molecule has 5 heteroatoms. The largest absolute Gasteiger partial charge is 0.374 e. The number of nitrogens with two attached hydrogens (primary N) is 1. The van der Waals surface area contributed by atoms with Gasteiger partial charge in [-0.2, -0.15) is 4.98 Å². The Balaban J connectivity index is 1.56. The first-order valence-corrected chi connectivity index (χ1v) is 8.40. The Bertz CT molecular complexity index is 507. The van der Waals surface area contributed by atoms with Crippen LogP contribution in [0.1, 0.15) is 69.5 Å². The Kier molecular flexibility index (Phi) is 3.30. The van der Waals surface area contributed by atoms with Crippen LogP contribution >= 0.6 is 0 Å². The van der Waals surface area contributed by atoms with Crippen molar-refractivity contribution in [2.45, 2.75) is 75.4 Å². The zero-order valence-electron chi connectivity index (χ0n) is 12.8. The van der Waals surface area contributed by atoms with Crippen LogP contribution in [0.25, 0.3) is 0 Å². The van der Waals surface area contributed by atoms with Gasteiger partial charge in [0.1, 0.15) is 0 Å². The van der Waals surface area contributed by atoms with Crippen molar-refractivity contribution in [3.63, 3.8) is 0 Å². The number of ether oxygens (including phenoxy) is 1. The fourth-order valence-corrected chi connectivity index (χ4v) is 4.33. The molecule has 0 radical (unpaired) electrons. The minimum Gasteiger partial charge on any atom is -0.374 e. The van der Waals surface area contributed by atoms with Crippen molar-refractivity contribution in [3.05, 3.63) is 11.7 Å². The minimum absolute atomic E-state index is 0.0871. The Morgan fingerprint density at radius 1 is 1.24 bits per heavy atom. The third-order valence-corrected chi connectivity index (χ3v) is 5.96. The van der Waals surface area contributed by atoms with Crippen molar-refractivity contribution in [3.8, 4) is 0 Å². The topological polar surface area (TPSA) is 74.2 Å². The monoisotopic (exact) mass is 291 g/mol. The highest BCUT2D eigenvalue weighted by Gasteiger charge is 2.45. The molecule has 3 heterocycles. The molecular formula is C16H25N3O2. The van der Waals surface area contributed by atoms with Gasteiger partial charge in [-0.15, -0.1) is 0 Å². The lowest BCUT2D eigenvalue weighted by atomic mass is 9.70. The molecule has 2 aliphatic heterocycles. The molecule has 2 bridgehead atoms. The maximum Gasteiger partial charge on any atom is 0.234 e. The maximum atomic E-state index is 6.09. The lowest BCUT2D eigenvalue weighted by Gasteiger charge is -2.35. The molecule has 1 aromatic rings. The van der Waals surface area contributed by atoms with Crippen LogP contribution < -0.4 is 5.73 Å². The molecule has 21 heavy (non-hydrogen) atoms. The van der Waals surface area contributed by atoms with Gasteiger partial charge in [0.25, 0.3) is 0 Å². The van der Waals surface area contributed by atoms with Crippen molar-refractivity contribution < 1.29 is 9.26 Å². The second-order valence-corrected chi connectivity index (χ2v) is 7.34. The normalized spacial score (nSPS) is 42.6. The number of aromatic nitrogens is 2. The number of hydrogen-bond donors (Lipinski definition) is 1. The average molecular weight is 291 g/mol. The van der Waals surface area contributed by atoms with Gasteiger partial charge in [0, 0.05) is 6.54 Å². The predicted molar refractivity (Wildman–Crippen MR) is 77.9 cm³/mol. The molecule has 2 saturated heterocycles. The summed E-state index contributed by atoms with van der Waals surface area (Å²) in [5.74, 6) is 2.74. The van der Waals surface area contributed by atoms with E-state index in [1.807, 2.05) is 0 Å². The minimum atomic E-state index is -0.0871. The molecule has 5 nitrogen and oxygen atoms in total. The summed E-state index contributed by atoms with van der Waals surface area (Å²) in [7, 11) is 0. The van der Waals surface area contributed by atoms with Crippen molar-refractivity contribution >= 4 is 0 Å². The summed E-state index contributed by atoms with van der Waals surface area (Å²) in [6.45, 7) is 2.92. The number of hydrogen-bond acceptors (Lipinski definition) is 5. The van der Waals surface area contributed by atoms with E-state index in [4.69, 9.17) is 20.0 Å². The van der Waals surface area contributed by atoms with Gasteiger partial charge >= 0.3 is 0 Å². The van der Waals surface area contributed by atoms with Gasteiger partial charge in [0.05, 0.1) is 23.5 Å². The van der Waals surface area contributed by atoms with Crippen molar-refractivity contribution in [1.82, 2.24) is 10.1 Å². The van der Waals surface area contributed by atoms with E-state index in [0.29, 0.717) is 24.7 Å². The third-order valence-electron chi connectivity index (χ3n) is 5.96. The van der Waals surface area contributed by atoms with Crippen LogP contribution in [0.15, 0.2) is 4.52 Å². The zero-order chi connectivity index (χ0) is 14.4. The van der Waals surface area contributed by atoms with Crippen LogP contribution in [-0.2, 0) is 10.2 Å². The lowest BCUT2D eigenvalue weighted by Crippen LogP contribution is -2.39. The van der Waals surface area contributed by atoms with E-state index in [9.17, 15) is 0 Å². The van der Waals surface area contributed by atoms with Gasteiger partial charge in [-0.05, 0) is 50.9 Å². The highest BCUT2D eigenvalue weighted by Crippen LogP contribution is 2.45. The maximum absolute atomic E-state index is 6.09. The van der Waals surface area contributed by atoms with E-state index in [0.717, 1.165) is 43.3 Å². The van der Waals surface area contributed by atoms with Gasteiger partial charge in [-0.1, -0.05) is 12.1 Å². The molecule has 1 aliphatic carbocycles. The van der Waals surface area contributed by atoms with Crippen LogP contribution in [0.4, 0.5) is 0 Å². The van der Waals surface area contributed by atoms with Gasteiger partial charge in [0.15, 0.2) is 5.82 Å². The van der Waals surface area contributed by atoms with Crippen LogP contribution in [0.5, 0.6) is 0 Å². The molecule has 3 aliphatic rings. The SMILES string of the molecule is CC1CCC(CN)(c2nc(C3CC4CCC3O4)no2)CC1. The fourth-order valence-electron chi connectivity index (χ4n) is 4.33. The molecule has 0 spiro atoms. The van der Waals surface area contributed by atoms with Crippen molar-refractivity contribution in [2.24, 2.45) is 11.7 Å². The van der Waals surface area contributed by atoms with Crippen LogP contribution in [-0.4, -0.2) is 28.9 Å². The molecule has 3 unspecified atom stereocenters. The number of fused-ring (bicyclic) bond motifs is 2. The van der Waals surface area contributed by atoms with E-state index < -0.39 is 0 Å². The fraction of sp³-hybridized carbons (Fsp3) is 0.875. The van der Waals surface area contributed by atoms with Crippen LogP contribution in [0.2, 0.25) is 0 Å². The van der Waals surface area contributed by atoms with Gasteiger partial charge in [-0.3, -0.25) is 0 Å². The first kappa shape index (κ1) is 13.7. The molecule has 1 saturated carbocycles. The summed E-state index contributed by atoms with van der Waals surface area (Å²) < 4.78 is 11.6. The molecule has 3 fully saturated rings. The summed E-state index contributed by atoms with van der Waals surface area (Å²) in [6, 6.07) is 0. The summed E-state index contributed by atoms with van der Waals surface area (Å²) >= 11 is 0. The van der Waals surface area contributed by atoms with E-state index in [-0.39, 0.29) is 5.41 Å². The highest BCUT2D eigenvalue weighted by molar-refractivity contribution is 5.12. The Labute approximate surface area is 125 Å². The number of nitrogens with zero attached hydrogens (tertiary/aromatic N) is 2. The van der Waals surface area contributed by atoms with E-state index in [1.165, 1.54) is 19.3 Å². The summed E-state index contributed by atoms with van der Waals surface area (Å²) in [6.07, 6.45) is 8.64. The highest BCUT2D eigenvalue weighted by atomic mass is 16.5. The molecule has 3 atom stereocenters. The van der Waals surface area contributed by atoms with Gasteiger partial charge in [0.2, 0.25) is 5.89 Å². The zero-order valence-corrected chi connectivity index (χ0v) is 12.8. The molecule has 2 N–H and O–H groups in total. The second-order valence-electron chi connectivity index (χ2n) is 7.34. The quantitative estimate of drug-likeness (QED) is 0.926. The molecule has 4 rings (SSSR count). The Morgan fingerprint density at radius 3 is 2.67 bits per heavy atom. The molecule has 0 aromatic carbocycles. The predicted octanol–water partition coefficient (Wildman–Crippen LogP) is 2.51. The molecule has 1 aromatic heterocycles. The Morgan fingerprint density at radius 2 is 2.05 bits per heavy atom. The van der Waals surface area contributed by atoms with Gasteiger partial charge in [-0.25, -0.2) is 0 Å². The van der Waals surface area contributed by atoms with E-state index in [2.05, 4.69) is 12.1 Å². The summed E-state index contributed by atoms with van der Waals surface area (Å²) in [5, 5.41) is 4.28. The van der Waals surface area contributed by atoms with Gasteiger partial charge < -0.3 is 15.0 Å². The second kappa shape index (κ2) is 5.06. The molecular weight excluding hydrogens is 266 g/mol. The number of rotatable bonds is 3. The average Bonchev–Trinajstić information content (AvgIpc) is 3.24. The summed E-state index contributed by atoms with van der Waals surface area (Å²) in [5.41, 5.74) is 6.00. The standard InChI is InChI=1S/C16H25N3O2/c1-10-4-6-16(9-17,7-5-10)15-18-14(19-21-15)12-8-11-2-3-13(12)20-11/h10-13H,2-9,17H2,1H3. The third kappa shape index (κ3) is 2.21.